The van der Waals surface area contributed by atoms with Gasteiger partial charge in [-0.15, -0.1) is 0 Å². The molecule has 2 aromatic carbocycles. The SMILES string of the molecule is Cc1cc(C)cc(NC(=O)/C(C#N)=C\c2cc(C)n(-c3ccc(C45CC6CC(CC(C6)C4)C5)cc3)c2C)c1. The zero-order valence-corrected chi connectivity index (χ0v) is 23.0. The maximum absolute atomic E-state index is 12.9. The molecule has 7 rings (SSSR count). The maximum atomic E-state index is 12.9. The van der Waals surface area contributed by atoms with E-state index < -0.39 is 0 Å². The van der Waals surface area contributed by atoms with Crippen LogP contribution in [-0.4, -0.2) is 10.5 Å². The number of carbonyl (C=O) groups excluding carboxylic acids is 1. The van der Waals surface area contributed by atoms with E-state index in [4.69, 9.17) is 0 Å². The normalized spacial score (nSPS) is 25.9. The Bertz CT molecular complexity index is 1430. The van der Waals surface area contributed by atoms with Gasteiger partial charge in [0.1, 0.15) is 11.6 Å². The first-order chi connectivity index (χ1) is 18.2. The molecule has 0 unspecified atom stereocenters. The molecular weight excluding hydrogens is 466 g/mol. The highest BCUT2D eigenvalue weighted by molar-refractivity contribution is 6.09. The molecule has 0 radical (unpaired) electrons. The van der Waals surface area contributed by atoms with E-state index in [9.17, 15) is 10.1 Å². The van der Waals surface area contributed by atoms with Gasteiger partial charge in [0.05, 0.1) is 0 Å². The Hall–Kier alpha value is -3.58. The summed E-state index contributed by atoms with van der Waals surface area (Å²) >= 11 is 0. The number of nitrogens with zero attached hydrogens (tertiary/aromatic N) is 2. The van der Waals surface area contributed by atoms with Crippen LogP contribution in [0.2, 0.25) is 0 Å². The van der Waals surface area contributed by atoms with E-state index in [1.165, 1.54) is 44.1 Å². The average Bonchev–Trinajstić information content (AvgIpc) is 3.13. The molecule has 4 saturated carbocycles. The van der Waals surface area contributed by atoms with Crippen LogP contribution < -0.4 is 5.32 Å². The second kappa shape index (κ2) is 9.31. The van der Waals surface area contributed by atoms with Crippen LogP contribution in [-0.2, 0) is 10.2 Å². The molecule has 1 amide bonds. The minimum Gasteiger partial charge on any atom is -0.321 e. The highest BCUT2D eigenvalue weighted by Crippen LogP contribution is 2.60. The summed E-state index contributed by atoms with van der Waals surface area (Å²) in [5.41, 5.74) is 9.00. The van der Waals surface area contributed by atoms with E-state index in [-0.39, 0.29) is 11.5 Å². The zero-order chi connectivity index (χ0) is 26.6. The van der Waals surface area contributed by atoms with Gasteiger partial charge in [-0.2, -0.15) is 5.26 Å². The molecule has 0 atom stereocenters. The third-order valence-electron chi connectivity index (χ3n) is 9.39. The fourth-order valence-electron chi connectivity index (χ4n) is 8.31. The second-order valence-corrected chi connectivity index (χ2v) is 12.4. The Morgan fingerprint density at radius 2 is 1.50 bits per heavy atom. The van der Waals surface area contributed by atoms with Crippen molar-refractivity contribution in [3.8, 4) is 11.8 Å². The van der Waals surface area contributed by atoms with Gasteiger partial charge < -0.3 is 9.88 Å². The molecule has 4 aliphatic rings. The summed E-state index contributed by atoms with van der Waals surface area (Å²) < 4.78 is 2.23. The van der Waals surface area contributed by atoms with Crippen molar-refractivity contribution in [1.29, 1.82) is 5.26 Å². The molecule has 4 nitrogen and oxygen atoms in total. The zero-order valence-electron chi connectivity index (χ0n) is 23.0. The third kappa shape index (κ3) is 4.39. The lowest BCUT2D eigenvalue weighted by Crippen LogP contribution is -2.48. The Morgan fingerprint density at radius 1 is 0.921 bits per heavy atom. The van der Waals surface area contributed by atoms with Crippen molar-refractivity contribution < 1.29 is 4.79 Å². The lowest BCUT2D eigenvalue weighted by Gasteiger charge is -2.57. The van der Waals surface area contributed by atoms with Gasteiger partial charge in [0.15, 0.2) is 0 Å². The number of aromatic nitrogens is 1. The van der Waals surface area contributed by atoms with Crippen molar-refractivity contribution in [2.24, 2.45) is 17.8 Å². The molecule has 4 heteroatoms. The van der Waals surface area contributed by atoms with Gasteiger partial charge >= 0.3 is 0 Å². The second-order valence-electron chi connectivity index (χ2n) is 12.4. The van der Waals surface area contributed by atoms with Gasteiger partial charge in [-0.05, 0) is 148 Å². The summed E-state index contributed by atoms with van der Waals surface area (Å²) in [7, 11) is 0. The van der Waals surface area contributed by atoms with Gasteiger partial charge in [0.2, 0.25) is 0 Å². The molecule has 1 N–H and O–H groups in total. The molecule has 1 heterocycles. The number of hydrogen-bond donors (Lipinski definition) is 1. The van der Waals surface area contributed by atoms with Crippen molar-refractivity contribution >= 4 is 17.7 Å². The largest absolute Gasteiger partial charge is 0.321 e. The number of amides is 1. The molecule has 194 valence electrons. The monoisotopic (exact) mass is 503 g/mol. The summed E-state index contributed by atoms with van der Waals surface area (Å²) in [4.78, 5) is 12.9. The van der Waals surface area contributed by atoms with E-state index in [1.807, 2.05) is 26.0 Å². The molecule has 4 aliphatic carbocycles. The first-order valence-electron chi connectivity index (χ1n) is 14.0. The predicted molar refractivity (Wildman–Crippen MR) is 153 cm³/mol. The molecule has 1 aromatic heterocycles. The van der Waals surface area contributed by atoms with Crippen LogP contribution in [0.1, 0.15) is 72.2 Å². The lowest BCUT2D eigenvalue weighted by atomic mass is 9.48. The van der Waals surface area contributed by atoms with Crippen LogP contribution in [0.4, 0.5) is 5.69 Å². The molecule has 4 bridgehead atoms. The molecule has 0 aliphatic heterocycles. The summed E-state index contributed by atoms with van der Waals surface area (Å²) in [6.07, 6.45) is 10.2. The Labute approximate surface area is 226 Å². The molecule has 3 aromatic rings. The number of anilines is 1. The van der Waals surface area contributed by atoms with E-state index in [2.05, 4.69) is 66.2 Å². The molecule has 0 spiro atoms. The molecule has 4 fully saturated rings. The first kappa shape index (κ1) is 24.7. The van der Waals surface area contributed by atoms with Crippen LogP contribution >= 0.6 is 0 Å². The number of aryl methyl sites for hydroxylation is 3. The quantitative estimate of drug-likeness (QED) is 0.286. The number of carbonyl (C=O) groups is 1. The van der Waals surface area contributed by atoms with E-state index >= 15 is 0 Å². The van der Waals surface area contributed by atoms with Crippen molar-refractivity contribution in [1.82, 2.24) is 4.57 Å². The van der Waals surface area contributed by atoms with Gasteiger partial charge in [-0.3, -0.25) is 4.79 Å². The van der Waals surface area contributed by atoms with E-state index in [0.29, 0.717) is 11.1 Å². The number of rotatable bonds is 5. The van der Waals surface area contributed by atoms with Gasteiger partial charge in [-0.1, -0.05) is 18.2 Å². The number of nitriles is 1. The summed E-state index contributed by atoms with van der Waals surface area (Å²) in [6, 6.07) is 19.3. The minimum atomic E-state index is -0.387. The van der Waals surface area contributed by atoms with Crippen LogP contribution in [0.15, 0.2) is 54.1 Å². The van der Waals surface area contributed by atoms with Crippen LogP contribution in [0.5, 0.6) is 0 Å². The van der Waals surface area contributed by atoms with Crippen molar-refractivity contribution in [2.75, 3.05) is 5.32 Å². The van der Waals surface area contributed by atoms with E-state index in [1.54, 1.807) is 6.08 Å². The lowest BCUT2D eigenvalue weighted by molar-refractivity contribution is -0.112. The van der Waals surface area contributed by atoms with Crippen molar-refractivity contribution in [3.63, 3.8) is 0 Å². The highest BCUT2D eigenvalue weighted by atomic mass is 16.1. The molecule has 0 saturated heterocycles. The topological polar surface area (TPSA) is 57.8 Å². The highest BCUT2D eigenvalue weighted by Gasteiger charge is 2.51. The third-order valence-corrected chi connectivity index (χ3v) is 9.39. The molecular formula is C34H37N3O. The Kier molecular flexibility index (Phi) is 6.06. The minimum absolute atomic E-state index is 0.0987. The summed E-state index contributed by atoms with van der Waals surface area (Å²) in [5, 5.41) is 12.7. The van der Waals surface area contributed by atoms with Crippen molar-refractivity contribution in [3.05, 3.63) is 87.7 Å². The fraction of sp³-hybridized carbons (Fsp3) is 0.412. The van der Waals surface area contributed by atoms with Crippen LogP contribution in [0, 0.1) is 56.8 Å². The maximum Gasteiger partial charge on any atom is 0.266 e. The summed E-state index contributed by atoms with van der Waals surface area (Å²) in [6.45, 7) is 8.13. The standard InChI is InChI=1S/C34H37N3O/c1-21-9-22(2)11-31(10-21)36-33(38)29(20-35)16-28-12-23(3)37(24(28)4)32-7-5-30(6-8-32)34-17-25-13-26(18-34)15-27(14-25)19-34/h5-12,16,25-27H,13-15,17-19H2,1-4H3,(H,36,38)/b29-16-. The average molecular weight is 504 g/mol. The Morgan fingerprint density at radius 3 is 2.05 bits per heavy atom. The van der Waals surface area contributed by atoms with E-state index in [0.717, 1.165) is 51.5 Å². The van der Waals surface area contributed by atoms with Crippen LogP contribution in [0.3, 0.4) is 0 Å². The van der Waals surface area contributed by atoms with Gasteiger partial charge in [-0.25, -0.2) is 0 Å². The predicted octanol–water partition coefficient (Wildman–Crippen LogP) is 7.72. The summed E-state index contributed by atoms with van der Waals surface area (Å²) in [5.74, 6) is 2.42. The van der Waals surface area contributed by atoms with Gasteiger partial charge in [0.25, 0.3) is 5.91 Å². The van der Waals surface area contributed by atoms with Crippen LogP contribution in [0.25, 0.3) is 11.8 Å². The first-order valence-corrected chi connectivity index (χ1v) is 14.0. The Balaban J connectivity index is 1.25. The van der Waals surface area contributed by atoms with Gasteiger partial charge in [0, 0.05) is 22.8 Å². The fourth-order valence-corrected chi connectivity index (χ4v) is 8.31. The number of benzene rings is 2. The van der Waals surface area contributed by atoms with Crippen molar-refractivity contribution in [2.45, 2.75) is 71.6 Å². The number of nitrogens with one attached hydrogen (secondary N) is 1. The smallest absolute Gasteiger partial charge is 0.266 e. The number of hydrogen-bond acceptors (Lipinski definition) is 2. The molecule has 38 heavy (non-hydrogen) atoms.